The summed E-state index contributed by atoms with van der Waals surface area (Å²) in [5, 5.41) is 1.99. The van der Waals surface area contributed by atoms with E-state index in [4.69, 9.17) is 14.2 Å². The van der Waals surface area contributed by atoms with Crippen LogP contribution in [0.5, 0.6) is 11.5 Å². The molecule has 14 heteroatoms. The van der Waals surface area contributed by atoms with Crippen LogP contribution in [0.25, 0.3) is 10.9 Å². The zero-order chi connectivity index (χ0) is 29.0. The van der Waals surface area contributed by atoms with E-state index in [0.29, 0.717) is 48.1 Å². The van der Waals surface area contributed by atoms with E-state index in [1.165, 1.54) is 19.5 Å². The fourth-order valence-corrected chi connectivity index (χ4v) is 4.15. The number of rotatable bonds is 7. The van der Waals surface area contributed by atoms with Crippen molar-refractivity contribution < 1.29 is 41.8 Å². The Bertz CT molecular complexity index is 1270. The van der Waals surface area contributed by atoms with Gasteiger partial charge in [-0.25, -0.2) is 14.7 Å². The van der Waals surface area contributed by atoms with Crippen LogP contribution in [0.4, 0.5) is 18.0 Å². The van der Waals surface area contributed by atoms with Crippen molar-refractivity contribution in [3.8, 4) is 11.5 Å². The zero-order valence-corrected chi connectivity index (χ0v) is 22.0. The van der Waals surface area contributed by atoms with Crippen molar-refractivity contribution in [1.82, 2.24) is 20.2 Å². The maximum atomic E-state index is 13.2. The summed E-state index contributed by atoms with van der Waals surface area (Å²) in [6.45, 7) is 3.70. The molecule has 3 amide bonds. The van der Waals surface area contributed by atoms with Crippen LogP contribution in [0.1, 0.15) is 46.5 Å². The molecule has 1 aromatic carbocycles. The summed E-state index contributed by atoms with van der Waals surface area (Å²) in [6.07, 6.45) is -3.62. The smallest absolute Gasteiger partial charge is 0.471 e. The number of nitrogens with zero attached hydrogens (tertiary/aromatic N) is 2. The van der Waals surface area contributed by atoms with E-state index in [2.05, 4.69) is 9.97 Å². The number of halogens is 3. The van der Waals surface area contributed by atoms with Crippen LogP contribution in [0.3, 0.4) is 0 Å². The van der Waals surface area contributed by atoms with Crippen LogP contribution in [0.15, 0.2) is 23.3 Å². The lowest BCUT2D eigenvalue weighted by Gasteiger charge is -2.32. The molecule has 0 atom stereocenters. The second-order valence-corrected chi connectivity index (χ2v) is 10.1. The average Bonchev–Trinajstić information content (AvgIpc) is 2.85. The predicted octanol–water partition coefficient (Wildman–Crippen LogP) is 3.31. The Balaban J connectivity index is 1.67. The molecule has 1 aromatic heterocycles. The van der Waals surface area contributed by atoms with Crippen LogP contribution in [-0.4, -0.2) is 70.9 Å². The predicted molar refractivity (Wildman–Crippen MR) is 132 cm³/mol. The Morgan fingerprint density at radius 1 is 1.10 bits per heavy atom. The van der Waals surface area contributed by atoms with E-state index in [9.17, 15) is 32.3 Å². The molecule has 11 nitrogen and oxygen atoms in total. The lowest BCUT2D eigenvalue weighted by atomic mass is 9.86. The van der Waals surface area contributed by atoms with E-state index in [-0.39, 0.29) is 11.7 Å². The molecular weight excluding hydrogens is 525 g/mol. The summed E-state index contributed by atoms with van der Waals surface area (Å²) < 4.78 is 54.3. The van der Waals surface area contributed by atoms with Gasteiger partial charge in [0, 0.05) is 25.1 Å². The van der Waals surface area contributed by atoms with Gasteiger partial charge in [-0.3, -0.25) is 14.4 Å². The molecule has 1 saturated carbocycles. The Hall–Kier alpha value is -3.84. The Morgan fingerprint density at radius 3 is 2.36 bits per heavy atom. The maximum absolute atomic E-state index is 13.2. The highest BCUT2D eigenvalue weighted by Crippen LogP contribution is 2.35. The van der Waals surface area contributed by atoms with Gasteiger partial charge in [0.1, 0.15) is 5.60 Å². The van der Waals surface area contributed by atoms with Gasteiger partial charge >= 0.3 is 18.2 Å². The monoisotopic (exact) mass is 556 g/mol. The lowest BCUT2D eigenvalue weighted by molar-refractivity contribution is -0.173. The topological polar surface area (TPSA) is 140 Å². The minimum absolute atomic E-state index is 0.322. The van der Waals surface area contributed by atoms with Crippen LogP contribution >= 0.6 is 0 Å². The number of nitrogens with one attached hydrogen (secondary N) is 2. The molecule has 2 N–H and O–H groups in total. The highest BCUT2D eigenvalue weighted by molar-refractivity contribution is 5.93. The number of benzene rings is 1. The van der Waals surface area contributed by atoms with Gasteiger partial charge in [0.05, 0.1) is 30.4 Å². The number of carbonyl (C=O) groups excluding carboxylic acids is 3. The highest BCUT2D eigenvalue weighted by Gasteiger charge is 2.39. The summed E-state index contributed by atoms with van der Waals surface area (Å²) in [6, 6.07) is 3.13. The Morgan fingerprint density at radius 2 is 1.77 bits per heavy atom. The zero-order valence-electron chi connectivity index (χ0n) is 22.0. The molecule has 39 heavy (non-hydrogen) atoms. The standard InChI is InChI=1S/C25H31F3N4O7/c1-24(2,3)39-23(36)32(10-9-29-22(35)25(26,27)28)21(34)14-5-7-15(8-6-14)38-19-11-16-17(12-18(19)37-4)30-13-31-20(16)33/h11-15H,5-10H2,1-4H3,(H,29,35)(H,30,31,33)/t14-,15+. The molecule has 214 valence electrons. The van der Waals surface area contributed by atoms with Crippen molar-refractivity contribution in [3.05, 3.63) is 28.8 Å². The molecule has 1 aliphatic carbocycles. The van der Waals surface area contributed by atoms with Crippen LogP contribution < -0.4 is 20.3 Å². The number of alkyl halides is 3. The van der Waals surface area contributed by atoms with E-state index < -0.39 is 48.7 Å². The normalized spacial score (nSPS) is 17.8. The first kappa shape index (κ1) is 29.7. The van der Waals surface area contributed by atoms with Gasteiger partial charge in [0.25, 0.3) is 5.56 Å². The molecule has 1 heterocycles. The fourth-order valence-electron chi connectivity index (χ4n) is 4.15. The van der Waals surface area contributed by atoms with Gasteiger partial charge in [0.15, 0.2) is 11.5 Å². The molecular formula is C25H31F3N4O7. The summed E-state index contributed by atoms with van der Waals surface area (Å²) in [4.78, 5) is 56.6. The highest BCUT2D eigenvalue weighted by atomic mass is 19.4. The van der Waals surface area contributed by atoms with Crippen molar-refractivity contribution in [3.63, 3.8) is 0 Å². The number of H-pyrrole nitrogens is 1. The number of hydrogen-bond donors (Lipinski definition) is 2. The molecule has 0 bridgehead atoms. The molecule has 0 radical (unpaired) electrons. The second-order valence-electron chi connectivity index (χ2n) is 10.1. The molecule has 3 rings (SSSR count). The summed E-state index contributed by atoms with van der Waals surface area (Å²) >= 11 is 0. The van der Waals surface area contributed by atoms with E-state index >= 15 is 0 Å². The van der Waals surface area contributed by atoms with Gasteiger partial charge in [-0.05, 0) is 52.5 Å². The molecule has 0 saturated heterocycles. The van der Waals surface area contributed by atoms with E-state index in [1.807, 2.05) is 0 Å². The third kappa shape index (κ3) is 7.83. The number of aromatic nitrogens is 2. The van der Waals surface area contributed by atoms with E-state index in [1.54, 1.807) is 32.2 Å². The fraction of sp³-hybridized carbons (Fsp3) is 0.560. The average molecular weight is 557 g/mol. The van der Waals surface area contributed by atoms with Crippen LogP contribution in [-0.2, 0) is 14.3 Å². The number of fused-ring (bicyclic) bond motifs is 1. The summed E-state index contributed by atoms with van der Waals surface area (Å²) in [5.74, 6) is -2.66. The number of amides is 3. The quantitative estimate of drug-likeness (QED) is 0.530. The van der Waals surface area contributed by atoms with Gasteiger partial charge in [-0.1, -0.05) is 0 Å². The molecule has 0 aliphatic heterocycles. The van der Waals surface area contributed by atoms with E-state index in [0.717, 1.165) is 4.90 Å². The SMILES string of the molecule is COc1cc2nc[nH]c(=O)c2cc1O[C@H]1CC[C@@H](C(=O)N(CCNC(=O)C(F)(F)F)C(=O)OC(C)(C)C)CC1. The largest absolute Gasteiger partial charge is 0.493 e. The second kappa shape index (κ2) is 11.9. The van der Waals surface area contributed by atoms with Crippen LogP contribution in [0.2, 0.25) is 0 Å². The third-order valence-electron chi connectivity index (χ3n) is 6.00. The minimum atomic E-state index is -5.09. The third-order valence-corrected chi connectivity index (χ3v) is 6.00. The van der Waals surface area contributed by atoms with Gasteiger partial charge in [-0.15, -0.1) is 0 Å². The van der Waals surface area contributed by atoms with Crippen molar-refractivity contribution >= 4 is 28.8 Å². The van der Waals surface area contributed by atoms with Gasteiger partial charge in [0.2, 0.25) is 5.91 Å². The van der Waals surface area contributed by atoms with Crippen molar-refractivity contribution in [1.29, 1.82) is 0 Å². The van der Waals surface area contributed by atoms with Gasteiger partial charge < -0.3 is 24.5 Å². The summed E-state index contributed by atoms with van der Waals surface area (Å²) in [7, 11) is 1.46. The minimum Gasteiger partial charge on any atom is -0.493 e. The number of carbonyl (C=O) groups is 3. The Kier molecular flexibility index (Phi) is 9.07. The molecule has 0 unspecified atom stereocenters. The van der Waals surface area contributed by atoms with Gasteiger partial charge in [-0.2, -0.15) is 13.2 Å². The first-order chi connectivity index (χ1) is 18.2. The molecule has 1 aliphatic rings. The molecule has 2 aromatic rings. The van der Waals surface area contributed by atoms with Crippen molar-refractivity contribution in [2.75, 3.05) is 20.2 Å². The summed E-state index contributed by atoms with van der Waals surface area (Å²) in [5.41, 5.74) is -0.853. The first-order valence-electron chi connectivity index (χ1n) is 12.3. The molecule has 1 fully saturated rings. The maximum Gasteiger partial charge on any atom is 0.471 e. The number of aromatic amines is 1. The first-order valence-corrected chi connectivity index (χ1v) is 12.3. The lowest BCUT2D eigenvalue weighted by Crippen LogP contribution is -2.49. The number of hydrogen-bond acceptors (Lipinski definition) is 8. The Labute approximate surface area is 222 Å². The van der Waals surface area contributed by atoms with Crippen molar-refractivity contribution in [2.24, 2.45) is 5.92 Å². The number of imide groups is 1. The molecule has 0 spiro atoms. The van der Waals surface area contributed by atoms with Crippen LogP contribution in [0, 0.1) is 5.92 Å². The van der Waals surface area contributed by atoms with Crippen molar-refractivity contribution in [2.45, 2.75) is 64.3 Å². The number of methoxy groups -OCH3 is 1. The number of ether oxygens (including phenoxy) is 3.